The maximum absolute atomic E-state index is 12.2. The van der Waals surface area contributed by atoms with Gasteiger partial charge in [-0.2, -0.15) is 0 Å². The second kappa shape index (κ2) is 5.91. The number of rotatable bonds is 3. The largest absolute Gasteiger partial charge is 0.375 e. The molecular weight excluding hydrogens is 272 g/mol. The molecule has 1 aliphatic rings. The second-order valence-electron chi connectivity index (χ2n) is 4.98. The van der Waals surface area contributed by atoms with Crippen molar-refractivity contribution < 1.29 is 9.53 Å². The lowest BCUT2D eigenvalue weighted by Gasteiger charge is -2.29. The van der Waals surface area contributed by atoms with E-state index in [1.54, 1.807) is 11.3 Å². The number of ether oxygens (including phenoxy) is 1. The Balaban J connectivity index is 1.65. The summed E-state index contributed by atoms with van der Waals surface area (Å²) in [6, 6.07) is 8.00. The molecule has 1 aliphatic heterocycles. The Bertz CT molecular complexity index is 611. The molecule has 0 saturated carbocycles. The molecule has 2 heterocycles. The minimum Gasteiger partial charge on any atom is -0.375 e. The third-order valence-electron chi connectivity index (χ3n) is 3.61. The maximum Gasteiger partial charge on any atom is 0.240 e. The topological polar surface area (TPSA) is 50.4 Å². The van der Waals surface area contributed by atoms with Gasteiger partial charge in [0.2, 0.25) is 5.91 Å². The van der Waals surface area contributed by atoms with Gasteiger partial charge in [-0.3, -0.25) is 4.79 Å². The van der Waals surface area contributed by atoms with Crippen LogP contribution >= 0.6 is 11.3 Å². The van der Waals surface area contributed by atoms with Crippen molar-refractivity contribution in [2.24, 2.45) is 0 Å². The summed E-state index contributed by atoms with van der Waals surface area (Å²) in [5, 5.41) is 9.54. The Morgan fingerprint density at radius 3 is 3.20 bits per heavy atom. The monoisotopic (exact) mass is 290 g/mol. The first-order chi connectivity index (χ1) is 9.75. The minimum absolute atomic E-state index is 0.00693. The molecular formula is C15H18N2O2S. The summed E-state index contributed by atoms with van der Waals surface area (Å²) in [6.07, 6.45) is -0.0806. The van der Waals surface area contributed by atoms with Crippen LogP contribution in [-0.2, 0) is 16.1 Å². The molecule has 0 aliphatic carbocycles. The summed E-state index contributed by atoms with van der Waals surface area (Å²) in [5.41, 5.74) is 1.17. The highest BCUT2D eigenvalue weighted by atomic mass is 32.1. The van der Waals surface area contributed by atoms with Gasteiger partial charge in [-0.1, -0.05) is 18.2 Å². The molecule has 3 rings (SSSR count). The van der Waals surface area contributed by atoms with Crippen molar-refractivity contribution >= 4 is 27.3 Å². The number of hydrogen-bond donors (Lipinski definition) is 2. The zero-order chi connectivity index (χ0) is 13.9. The average Bonchev–Trinajstić information content (AvgIpc) is 2.88. The van der Waals surface area contributed by atoms with Gasteiger partial charge in [-0.15, -0.1) is 11.3 Å². The number of thiophene rings is 1. The summed E-state index contributed by atoms with van der Waals surface area (Å²) < 4.78 is 6.75. The number of fused-ring (bicyclic) bond motifs is 1. The third-order valence-corrected chi connectivity index (χ3v) is 4.63. The Morgan fingerprint density at radius 2 is 2.35 bits per heavy atom. The fourth-order valence-electron chi connectivity index (χ4n) is 2.49. The molecule has 20 heavy (non-hydrogen) atoms. The normalized spacial score (nSPS) is 22.9. The average molecular weight is 290 g/mol. The summed E-state index contributed by atoms with van der Waals surface area (Å²) >= 11 is 1.71. The molecule has 5 heteroatoms. The van der Waals surface area contributed by atoms with Crippen LogP contribution in [0.4, 0.5) is 0 Å². The van der Waals surface area contributed by atoms with Crippen molar-refractivity contribution in [1.29, 1.82) is 0 Å². The van der Waals surface area contributed by atoms with Crippen molar-refractivity contribution in [2.45, 2.75) is 25.6 Å². The Kier molecular flexibility index (Phi) is 4.00. The van der Waals surface area contributed by atoms with Crippen molar-refractivity contribution in [1.82, 2.24) is 10.6 Å². The number of nitrogens with one attached hydrogen (secondary N) is 2. The molecule has 2 N–H and O–H groups in total. The Labute approximate surface area is 122 Å². The van der Waals surface area contributed by atoms with Gasteiger partial charge in [0.05, 0.1) is 12.7 Å². The predicted octanol–water partition coefficient (Wildman–Crippen LogP) is 1.89. The van der Waals surface area contributed by atoms with Crippen molar-refractivity contribution in [2.75, 3.05) is 13.2 Å². The first-order valence-electron chi connectivity index (χ1n) is 6.83. The van der Waals surface area contributed by atoms with E-state index in [9.17, 15) is 4.79 Å². The second-order valence-corrected chi connectivity index (χ2v) is 5.89. The summed E-state index contributed by atoms with van der Waals surface area (Å²) in [6.45, 7) is 3.88. The molecule has 0 bridgehead atoms. The van der Waals surface area contributed by atoms with Crippen molar-refractivity contribution in [3.63, 3.8) is 0 Å². The summed E-state index contributed by atoms with van der Waals surface area (Å²) in [7, 11) is 0. The van der Waals surface area contributed by atoms with E-state index < -0.39 is 0 Å². The van der Waals surface area contributed by atoms with Crippen LogP contribution in [-0.4, -0.2) is 31.2 Å². The standard InChI is InChI=1S/C15H18N2O2S/c1-10-14(16-6-7-19-10)15(18)17-8-11-9-20-13-5-3-2-4-12(11)13/h2-5,9-10,14,16H,6-8H2,1H3,(H,17,18)/t10-,14+/m1/s1. The molecule has 1 saturated heterocycles. The Hall–Kier alpha value is -1.43. The zero-order valence-corrected chi connectivity index (χ0v) is 12.2. The van der Waals surface area contributed by atoms with Gasteiger partial charge >= 0.3 is 0 Å². The maximum atomic E-state index is 12.2. The molecule has 0 spiro atoms. The molecule has 0 radical (unpaired) electrons. The van der Waals surface area contributed by atoms with Gasteiger partial charge in [-0.25, -0.2) is 0 Å². The van der Waals surface area contributed by atoms with Gasteiger partial charge < -0.3 is 15.4 Å². The molecule has 2 aromatic rings. The van der Waals surface area contributed by atoms with Crippen molar-refractivity contribution in [3.05, 3.63) is 35.2 Å². The highest BCUT2D eigenvalue weighted by Gasteiger charge is 2.27. The van der Waals surface area contributed by atoms with Crippen LogP contribution in [0.2, 0.25) is 0 Å². The molecule has 2 atom stereocenters. The van der Waals surface area contributed by atoms with E-state index in [1.807, 2.05) is 19.1 Å². The summed E-state index contributed by atoms with van der Waals surface area (Å²) in [4.78, 5) is 12.2. The van der Waals surface area contributed by atoms with Gasteiger partial charge in [0.1, 0.15) is 6.04 Å². The molecule has 106 valence electrons. The highest BCUT2D eigenvalue weighted by Crippen LogP contribution is 2.25. The van der Waals surface area contributed by atoms with Gasteiger partial charge in [0.15, 0.2) is 0 Å². The fraction of sp³-hybridized carbons (Fsp3) is 0.400. The molecule has 1 fully saturated rings. The number of hydrogen-bond acceptors (Lipinski definition) is 4. The van der Waals surface area contributed by atoms with Crippen LogP contribution in [0.5, 0.6) is 0 Å². The first-order valence-corrected chi connectivity index (χ1v) is 7.71. The molecule has 1 aromatic heterocycles. The number of benzene rings is 1. The highest BCUT2D eigenvalue weighted by molar-refractivity contribution is 7.17. The van der Waals surface area contributed by atoms with Gasteiger partial charge in [-0.05, 0) is 29.3 Å². The number of carbonyl (C=O) groups is 1. The molecule has 0 unspecified atom stereocenters. The lowest BCUT2D eigenvalue weighted by molar-refractivity contribution is -0.129. The van der Waals surface area contributed by atoms with E-state index >= 15 is 0 Å². The molecule has 4 nitrogen and oxygen atoms in total. The number of amides is 1. The van der Waals surface area contributed by atoms with E-state index in [0.29, 0.717) is 13.2 Å². The van der Waals surface area contributed by atoms with E-state index in [1.165, 1.54) is 15.6 Å². The van der Waals surface area contributed by atoms with Crippen LogP contribution in [0.15, 0.2) is 29.6 Å². The fourth-order valence-corrected chi connectivity index (χ4v) is 3.45. The number of morpholine rings is 1. The first kappa shape index (κ1) is 13.5. The quantitative estimate of drug-likeness (QED) is 0.907. The SMILES string of the molecule is C[C@H]1OCCN[C@@H]1C(=O)NCc1csc2ccccc12. The lowest BCUT2D eigenvalue weighted by Crippen LogP contribution is -2.55. The van der Waals surface area contributed by atoms with Crippen LogP contribution in [0.1, 0.15) is 12.5 Å². The lowest BCUT2D eigenvalue weighted by atomic mass is 10.1. The molecule has 1 amide bonds. The van der Waals surface area contributed by atoms with E-state index in [-0.39, 0.29) is 18.1 Å². The molecule has 1 aromatic carbocycles. The van der Waals surface area contributed by atoms with Gasteiger partial charge in [0.25, 0.3) is 0 Å². The van der Waals surface area contributed by atoms with Crippen LogP contribution < -0.4 is 10.6 Å². The van der Waals surface area contributed by atoms with Crippen LogP contribution in [0, 0.1) is 0 Å². The summed E-state index contributed by atoms with van der Waals surface area (Å²) in [5.74, 6) is 0.00693. The minimum atomic E-state index is -0.256. The smallest absolute Gasteiger partial charge is 0.240 e. The number of carbonyl (C=O) groups excluding carboxylic acids is 1. The van der Waals surface area contributed by atoms with Gasteiger partial charge in [0, 0.05) is 17.8 Å². The van der Waals surface area contributed by atoms with Crippen LogP contribution in [0.25, 0.3) is 10.1 Å². The van der Waals surface area contributed by atoms with Crippen LogP contribution in [0.3, 0.4) is 0 Å². The van der Waals surface area contributed by atoms with Crippen molar-refractivity contribution in [3.8, 4) is 0 Å². The van der Waals surface area contributed by atoms with E-state index in [2.05, 4.69) is 28.1 Å². The van der Waals surface area contributed by atoms with E-state index in [4.69, 9.17) is 4.74 Å². The predicted molar refractivity (Wildman–Crippen MR) is 80.9 cm³/mol. The Morgan fingerprint density at radius 1 is 1.50 bits per heavy atom. The van der Waals surface area contributed by atoms with E-state index in [0.717, 1.165) is 6.54 Å². The third kappa shape index (κ3) is 2.70. The zero-order valence-electron chi connectivity index (χ0n) is 11.4.